The van der Waals surface area contributed by atoms with Gasteiger partial charge in [-0.1, -0.05) is 0 Å². The van der Waals surface area contributed by atoms with E-state index in [9.17, 15) is 4.79 Å². The molecule has 0 aliphatic carbocycles. The zero-order chi connectivity index (χ0) is 11.7. The van der Waals surface area contributed by atoms with Gasteiger partial charge in [0.15, 0.2) is 17.3 Å². The second kappa shape index (κ2) is 3.97. The molecule has 0 spiro atoms. The number of carbonyl (C=O) groups excluding carboxylic acids is 1. The molecular formula is C13H10O4. The molecule has 0 bridgehead atoms. The van der Waals surface area contributed by atoms with E-state index in [-0.39, 0.29) is 5.78 Å². The van der Waals surface area contributed by atoms with Crippen LogP contribution in [0.3, 0.4) is 0 Å². The van der Waals surface area contributed by atoms with Gasteiger partial charge in [0.2, 0.25) is 0 Å². The summed E-state index contributed by atoms with van der Waals surface area (Å²) in [6.07, 6.45) is 2.91. The molecule has 2 heterocycles. The predicted molar refractivity (Wildman–Crippen MR) is 59.6 cm³/mol. The van der Waals surface area contributed by atoms with E-state index in [1.807, 2.05) is 0 Å². The topological polar surface area (TPSA) is 48.7 Å². The van der Waals surface area contributed by atoms with Crippen molar-refractivity contribution in [2.45, 2.75) is 0 Å². The molecule has 1 aliphatic rings. The first-order valence-corrected chi connectivity index (χ1v) is 5.31. The predicted octanol–water partition coefficient (Wildman–Crippen LogP) is 2.28. The van der Waals surface area contributed by atoms with Gasteiger partial charge in [0.05, 0.1) is 11.8 Å². The monoisotopic (exact) mass is 230 g/mol. The summed E-state index contributed by atoms with van der Waals surface area (Å²) in [6, 6.07) is 6.81. The molecule has 1 aromatic carbocycles. The Hall–Kier alpha value is -2.23. The van der Waals surface area contributed by atoms with Crippen LogP contribution in [0, 0.1) is 0 Å². The van der Waals surface area contributed by atoms with Crippen molar-refractivity contribution in [1.82, 2.24) is 0 Å². The van der Waals surface area contributed by atoms with Crippen LogP contribution in [0.5, 0.6) is 11.5 Å². The summed E-state index contributed by atoms with van der Waals surface area (Å²) in [5.74, 6) is 1.21. The number of fused-ring (bicyclic) bond motifs is 1. The van der Waals surface area contributed by atoms with Crippen LogP contribution in [-0.4, -0.2) is 19.0 Å². The van der Waals surface area contributed by atoms with E-state index in [0.29, 0.717) is 35.8 Å². The lowest BCUT2D eigenvalue weighted by molar-refractivity contribution is 0.103. The first-order valence-electron chi connectivity index (χ1n) is 5.31. The van der Waals surface area contributed by atoms with Gasteiger partial charge in [0, 0.05) is 5.56 Å². The fourth-order valence-electron chi connectivity index (χ4n) is 1.74. The molecule has 0 radical (unpaired) electrons. The van der Waals surface area contributed by atoms with Crippen LogP contribution in [-0.2, 0) is 0 Å². The van der Waals surface area contributed by atoms with Crippen LogP contribution in [0.2, 0.25) is 0 Å². The van der Waals surface area contributed by atoms with Crippen LogP contribution in [0.1, 0.15) is 15.9 Å². The zero-order valence-corrected chi connectivity index (χ0v) is 9.01. The smallest absolute Gasteiger partial charge is 0.196 e. The molecule has 0 amide bonds. The number of ketones is 1. The number of benzene rings is 1. The molecule has 86 valence electrons. The summed E-state index contributed by atoms with van der Waals surface area (Å²) >= 11 is 0. The van der Waals surface area contributed by atoms with Crippen molar-refractivity contribution in [3.63, 3.8) is 0 Å². The Morgan fingerprint density at radius 2 is 1.82 bits per heavy atom. The van der Waals surface area contributed by atoms with E-state index >= 15 is 0 Å². The number of furan rings is 1. The van der Waals surface area contributed by atoms with Crippen molar-refractivity contribution in [2.24, 2.45) is 0 Å². The first-order chi connectivity index (χ1) is 8.34. The molecule has 0 fully saturated rings. The molecule has 0 saturated heterocycles. The fourth-order valence-corrected chi connectivity index (χ4v) is 1.74. The number of rotatable bonds is 2. The zero-order valence-electron chi connectivity index (χ0n) is 9.01. The van der Waals surface area contributed by atoms with Crippen LogP contribution in [0.4, 0.5) is 0 Å². The highest BCUT2D eigenvalue weighted by Crippen LogP contribution is 2.31. The Balaban J connectivity index is 1.96. The minimum Gasteiger partial charge on any atom is -0.486 e. The maximum atomic E-state index is 12.0. The maximum absolute atomic E-state index is 12.0. The van der Waals surface area contributed by atoms with Gasteiger partial charge in [-0.05, 0) is 24.3 Å². The maximum Gasteiger partial charge on any atom is 0.196 e. The SMILES string of the molecule is O=C(c1ccoc1)c1ccc2c(c1)OCCO2. The van der Waals surface area contributed by atoms with Crippen LogP contribution >= 0.6 is 0 Å². The van der Waals surface area contributed by atoms with E-state index in [0.717, 1.165) is 0 Å². The lowest BCUT2D eigenvalue weighted by Gasteiger charge is -2.18. The minimum atomic E-state index is -0.0873. The highest BCUT2D eigenvalue weighted by atomic mass is 16.6. The molecule has 0 unspecified atom stereocenters. The van der Waals surface area contributed by atoms with Gasteiger partial charge >= 0.3 is 0 Å². The van der Waals surface area contributed by atoms with Crippen molar-refractivity contribution in [3.8, 4) is 11.5 Å². The fraction of sp³-hybridized carbons (Fsp3) is 0.154. The standard InChI is InChI=1S/C13H10O4/c14-13(10-3-4-15-8-10)9-1-2-11-12(7-9)17-6-5-16-11/h1-4,7-8H,5-6H2. The third kappa shape index (κ3) is 1.78. The summed E-state index contributed by atoms with van der Waals surface area (Å²) in [4.78, 5) is 12.0. The average molecular weight is 230 g/mol. The molecule has 0 atom stereocenters. The molecule has 4 heteroatoms. The molecule has 2 aromatic rings. The second-order valence-corrected chi connectivity index (χ2v) is 3.70. The molecule has 3 rings (SSSR count). The van der Waals surface area contributed by atoms with Crippen molar-refractivity contribution < 1.29 is 18.7 Å². The van der Waals surface area contributed by atoms with Crippen LogP contribution in [0.25, 0.3) is 0 Å². The lowest BCUT2D eigenvalue weighted by Crippen LogP contribution is -2.15. The van der Waals surface area contributed by atoms with Crippen LogP contribution in [0.15, 0.2) is 41.2 Å². The molecular weight excluding hydrogens is 220 g/mol. The van der Waals surface area contributed by atoms with E-state index in [4.69, 9.17) is 13.9 Å². The quantitative estimate of drug-likeness (QED) is 0.742. The van der Waals surface area contributed by atoms with Crippen molar-refractivity contribution in [1.29, 1.82) is 0 Å². The number of ether oxygens (including phenoxy) is 2. The van der Waals surface area contributed by atoms with Gasteiger partial charge in [-0.2, -0.15) is 0 Å². The molecule has 1 aliphatic heterocycles. The Labute approximate surface area is 97.8 Å². The Morgan fingerprint density at radius 1 is 1.00 bits per heavy atom. The average Bonchev–Trinajstić information content (AvgIpc) is 2.91. The Morgan fingerprint density at radius 3 is 2.59 bits per heavy atom. The number of hydrogen-bond acceptors (Lipinski definition) is 4. The molecule has 17 heavy (non-hydrogen) atoms. The minimum absolute atomic E-state index is 0.0873. The Kier molecular flexibility index (Phi) is 2.33. The highest BCUT2D eigenvalue weighted by Gasteiger charge is 2.16. The van der Waals surface area contributed by atoms with E-state index in [1.54, 1.807) is 24.3 Å². The molecule has 0 N–H and O–H groups in total. The van der Waals surface area contributed by atoms with Gasteiger partial charge in [0.1, 0.15) is 19.5 Å². The summed E-state index contributed by atoms with van der Waals surface area (Å²) in [5, 5.41) is 0. The van der Waals surface area contributed by atoms with E-state index in [1.165, 1.54) is 12.5 Å². The number of hydrogen-bond donors (Lipinski definition) is 0. The Bertz CT molecular complexity index is 543. The summed E-state index contributed by atoms with van der Waals surface area (Å²) in [7, 11) is 0. The third-order valence-corrected chi connectivity index (χ3v) is 2.59. The summed E-state index contributed by atoms with van der Waals surface area (Å²) in [6.45, 7) is 1.05. The van der Waals surface area contributed by atoms with Gasteiger partial charge in [-0.3, -0.25) is 4.79 Å². The third-order valence-electron chi connectivity index (χ3n) is 2.59. The normalized spacial score (nSPS) is 13.4. The van der Waals surface area contributed by atoms with Gasteiger partial charge in [0.25, 0.3) is 0 Å². The van der Waals surface area contributed by atoms with E-state index < -0.39 is 0 Å². The molecule has 4 nitrogen and oxygen atoms in total. The summed E-state index contributed by atoms with van der Waals surface area (Å²) in [5.41, 5.74) is 1.09. The lowest BCUT2D eigenvalue weighted by atomic mass is 10.1. The van der Waals surface area contributed by atoms with Gasteiger partial charge < -0.3 is 13.9 Å². The van der Waals surface area contributed by atoms with Crippen molar-refractivity contribution >= 4 is 5.78 Å². The van der Waals surface area contributed by atoms with Crippen molar-refractivity contribution in [3.05, 3.63) is 47.9 Å². The van der Waals surface area contributed by atoms with Crippen LogP contribution < -0.4 is 9.47 Å². The van der Waals surface area contributed by atoms with E-state index in [2.05, 4.69) is 0 Å². The molecule has 0 saturated carbocycles. The largest absolute Gasteiger partial charge is 0.486 e. The summed E-state index contributed by atoms with van der Waals surface area (Å²) < 4.78 is 15.7. The highest BCUT2D eigenvalue weighted by molar-refractivity contribution is 6.09. The van der Waals surface area contributed by atoms with Crippen molar-refractivity contribution in [2.75, 3.05) is 13.2 Å². The molecule has 1 aromatic heterocycles. The second-order valence-electron chi connectivity index (χ2n) is 3.70. The van der Waals surface area contributed by atoms with Gasteiger partial charge in [-0.25, -0.2) is 0 Å². The first kappa shape index (κ1) is 9.96. The number of carbonyl (C=O) groups is 1. The van der Waals surface area contributed by atoms with Gasteiger partial charge in [-0.15, -0.1) is 0 Å².